The second-order valence-corrected chi connectivity index (χ2v) is 8.05. The molecule has 0 N–H and O–H groups in total. The van der Waals surface area contributed by atoms with E-state index in [0.717, 1.165) is 18.4 Å². The molecule has 6 heteroatoms. The number of hydrogen-bond acceptors (Lipinski definition) is 2. The van der Waals surface area contributed by atoms with Crippen molar-refractivity contribution in [3.63, 3.8) is 0 Å². The predicted molar refractivity (Wildman–Crippen MR) is 88.4 cm³/mol. The summed E-state index contributed by atoms with van der Waals surface area (Å²) in [7, 11) is -3.26. The Hall–Kier alpha value is -1.30. The molecule has 1 aromatic heterocycles. The van der Waals surface area contributed by atoms with Crippen LogP contribution in [0.25, 0.3) is 0 Å². The third-order valence-electron chi connectivity index (χ3n) is 4.13. The Morgan fingerprint density at radius 3 is 2.23 bits per heavy atom. The Morgan fingerprint density at radius 2 is 1.64 bits per heavy atom. The summed E-state index contributed by atoms with van der Waals surface area (Å²) in [5.74, 6) is 0.0400. The van der Waals surface area contributed by atoms with Crippen LogP contribution in [0.15, 0.2) is 48.8 Å². The highest BCUT2D eigenvalue weighted by Gasteiger charge is 2.28. The summed E-state index contributed by atoms with van der Waals surface area (Å²) in [5.41, 5.74) is 0.775. The largest absolute Gasteiger partial charge is 0.351 e. The van der Waals surface area contributed by atoms with Crippen LogP contribution in [0, 0.1) is 0 Å². The van der Waals surface area contributed by atoms with Crippen molar-refractivity contribution in [1.82, 2.24) is 8.87 Å². The molecule has 0 amide bonds. The first-order valence-corrected chi connectivity index (χ1v) is 9.38. The van der Waals surface area contributed by atoms with Gasteiger partial charge < -0.3 is 4.57 Å². The number of aromatic nitrogens is 1. The predicted octanol–water partition coefficient (Wildman–Crippen LogP) is 3.31. The van der Waals surface area contributed by atoms with E-state index in [2.05, 4.69) is 4.57 Å². The molecule has 118 valence electrons. The van der Waals surface area contributed by atoms with Gasteiger partial charge >= 0.3 is 0 Å². The lowest BCUT2D eigenvalue weighted by molar-refractivity contribution is 0.274. The van der Waals surface area contributed by atoms with Gasteiger partial charge in [0.25, 0.3) is 0 Å². The highest BCUT2D eigenvalue weighted by Crippen LogP contribution is 2.25. The van der Waals surface area contributed by atoms with Crippen molar-refractivity contribution in [2.75, 3.05) is 13.1 Å². The van der Waals surface area contributed by atoms with E-state index in [9.17, 15) is 8.42 Å². The van der Waals surface area contributed by atoms with E-state index in [4.69, 9.17) is 11.6 Å². The number of rotatable bonds is 4. The fourth-order valence-corrected chi connectivity index (χ4v) is 4.58. The molecule has 0 saturated carbocycles. The van der Waals surface area contributed by atoms with Crippen molar-refractivity contribution in [3.05, 3.63) is 59.4 Å². The third kappa shape index (κ3) is 3.54. The molecule has 22 heavy (non-hydrogen) atoms. The monoisotopic (exact) mass is 338 g/mol. The van der Waals surface area contributed by atoms with Crippen molar-refractivity contribution in [2.24, 2.45) is 0 Å². The van der Waals surface area contributed by atoms with E-state index in [1.165, 1.54) is 0 Å². The summed E-state index contributed by atoms with van der Waals surface area (Å²) in [6.07, 6.45) is 5.80. The summed E-state index contributed by atoms with van der Waals surface area (Å²) in [6, 6.07) is 11.4. The van der Waals surface area contributed by atoms with Crippen LogP contribution >= 0.6 is 11.6 Å². The highest BCUT2D eigenvalue weighted by atomic mass is 35.5. The van der Waals surface area contributed by atoms with Gasteiger partial charge in [0.2, 0.25) is 10.0 Å². The summed E-state index contributed by atoms with van der Waals surface area (Å²) >= 11 is 5.83. The van der Waals surface area contributed by atoms with E-state index in [1.807, 2.05) is 24.5 Å². The molecule has 0 spiro atoms. The third-order valence-corrected chi connectivity index (χ3v) is 6.23. The van der Waals surface area contributed by atoms with Gasteiger partial charge in [-0.2, -0.15) is 0 Å². The molecule has 1 saturated heterocycles. The second-order valence-electron chi connectivity index (χ2n) is 5.64. The molecular formula is C16H19ClN2O2S. The summed E-state index contributed by atoms with van der Waals surface area (Å²) in [5, 5.41) is 0.619. The smallest absolute Gasteiger partial charge is 0.218 e. The van der Waals surface area contributed by atoms with Gasteiger partial charge in [-0.3, -0.25) is 0 Å². The van der Waals surface area contributed by atoms with Gasteiger partial charge in [0.1, 0.15) is 0 Å². The SMILES string of the molecule is O=S(=O)(Cc1ccc(Cl)cc1)N1CCC(n2cccc2)CC1. The topological polar surface area (TPSA) is 42.3 Å². The second kappa shape index (κ2) is 6.44. The minimum absolute atomic E-state index is 0.0400. The average Bonchev–Trinajstić information content (AvgIpc) is 3.04. The van der Waals surface area contributed by atoms with Gasteiger partial charge in [0.15, 0.2) is 0 Å². The molecule has 0 aliphatic carbocycles. The fourth-order valence-electron chi connectivity index (χ4n) is 2.89. The lowest BCUT2D eigenvalue weighted by Gasteiger charge is -2.32. The first-order chi connectivity index (χ1) is 10.5. The van der Waals surface area contributed by atoms with Crippen LogP contribution in [0.3, 0.4) is 0 Å². The zero-order valence-electron chi connectivity index (χ0n) is 12.2. The molecule has 1 aliphatic heterocycles. The van der Waals surface area contributed by atoms with Gasteiger partial charge in [0.05, 0.1) is 5.75 Å². The number of benzene rings is 1. The van der Waals surface area contributed by atoms with E-state index >= 15 is 0 Å². The highest BCUT2D eigenvalue weighted by molar-refractivity contribution is 7.88. The Balaban J connectivity index is 1.63. The Bertz CT molecular complexity index is 703. The maximum absolute atomic E-state index is 12.5. The molecule has 0 bridgehead atoms. The summed E-state index contributed by atoms with van der Waals surface area (Å²) in [4.78, 5) is 0. The van der Waals surface area contributed by atoms with Crippen LogP contribution < -0.4 is 0 Å². The maximum Gasteiger partial charge on any atom is 0.218 e. The molecule has 0 unspecified atom stereocenters. The molecule has 0 atom stereocenters. The molecule has 4 nitrogen and oxygen atoms in total. The van der Waals surface area contributed by atoms with E-state index in [1.54, 1.807) is 28.6 Å². The van der Waals surface area contributed by atoms with Gasteiger partial charge in [-0.25, -0.2) is 12.7 Å². The number of hydrogen-bond donors (Lipinski definition) is 0. The number of halogens is 1. The summed E-state index contributed by atoms with van der Waals surface area (Å²) < 4.78 is 28.8. The molecule has 3 rings (SSSR count). The standard InChI is InChI=1S/C16H19ClN2O2S/c17-15-5-3-14(4-6-15)13-22(20,21)19-11-7-16(8-12-19)18-9-1-2-10-18/h1-6,9-10,16H,7-8,11-13H2. The fraction of sp³-hybridized carbons (Fsp3) is 0.375. The molecule has 2 heterocycles. The minimum atomic E-state index is -3.26. The molecular weight excluding hydrogens is 320 g/mol. The van der Waals surface area contributed by atoms with Crippen molar-refractivity contribution < 1.29 is 8.42 Å². The molecule has 1 aliphatic rings. The number of sulfonamides is 1. The van der Waals surface area contributed by atoms with Crippen molar-refractivity contribution in [1.29, 1.82) is 0 Å². The van der Waals surface area contributed by atoms with Crippen LogP contribution in [0.4, 0.5) is 0 Å². The van der Waals surface area contributed by atoms with Crippen LogP contribution in [0.5, 0.6) is 0 Å². The summed E-state index contributed by atoms with van der Waals surface area (Å²) in [6.45, 7) is 1.16. The minimum Gasteiger partial charge on any atom is -0.351 e. The zero-order chi connectivity index (χ0) is 15.6. The van der Waals surface area contributed by atoms with Crippen LogP contribution in [-0.4, -0.2) is 30.4 Å². The zero-order valence-corrected chi connectivity index (χ0v) is 13.8. The molecule has 2 aromatic rings. The van der Waals surface area contributed by atoms with Gasteiger partial charge in [0, 0.05) is 36.5 Å². The number of piperidine rings is 1. The van der Waals surface area contributed by atoms with E-state index in [0.29, 0.717) is 24.2 Å². The first kappa shape index (κ1) is 15.6. The van der Waals surface area contributed by atoms with E-state index in [-0.39, 0.29) is 5.75 Å². The van der Waals surface area contributed by atoms with Gasteiger partial charge in [-0.1, -0.05) is 23.7 Å². The normalized spacial score (nSPS) is 17.7. The Labute approximate surface area is 136 Å². The Kier molecular flexibility index (Phi) is 4.57. The number of nitrogens with zero attached hydrogens (tertiary/aromatic N) is 2. The van der Waals surface area contributed by atoms with Crippen molar-refractivity contribution >= 4 is 21.6 Å². The average molecular weight is 339 g/mol. The van der Waals surface area contributed by atoms with Crippen LogP contribution in [0.1, 0.15) is 24.4 Å². The van der Waals surface area contributed by atoms with Crippen LogP contribution in [0.2, 0.25) is 5.02 Å². The van der Waals surface area contributed by atoms with E-state index < -0.39 is 10.0 Å². The van der Waals surface area contributed by atoms with Gasteiger partial charge in [-0.05, 0) is 42.7 Å². The quantitative estimate of drug-likeness (QED) is 0.858. The van der Waals surface area contributed by atoms with Gasteiger partial charge in [-0.15, -0.1) is 0 Å². The van der Waals surface area contributed by atoms with Crippen LogP contribution in [-0.2, 0) is 15.8 Å². The first-order valence-electron chi connectivity index (χ1n) is 7.39. The van der Waals surface area contributed by atoms with Crippen molar-refractivity contribution in [3.8, 4) is 0 Å². The lowest BCUT2D eigenvalue weighted by Crippen LogP contribution is -2.39. The van der Waals surface area contributed by atoms with Crippen molar-refractivity contribution in [2.45, 2.75) is 24.6 Å². The maximum atomic E-state index is 12.5. The molecule has 1 aromatic carbocycles. The molecule has 0 radical (unpaired) electrons. The lowest BCUT2D eigenvalue weighted by atomic mass is 10.1. The Morgan fingerprint density at radius 1 is 1.05 bits per heavy atom. The molecule has 1 fully saturated rings.